The van der Waals surface area contributed by atoms with Gasteiger partial charge in [-0.2, -0.15) is 0 Å². The Hall–Kier alpha value is -2.33. The minimum Gasteiger partial charge on any atom is -0.497 e. The van der Waals surface area contributed by atoms with Crippen molar-refractivity contribution in [3.8, 4) is 5.75 Å². The number of carbonyl (C=O) groups is 1. The van der Waals surface area contributed by atoms with Gasteiger partial charge in [0, 0.05) is 5.69 Å². The van der Waals surface area contributed by atoms with Crippen molar-refractivity contribution in [3.05, 3.63) is 59.2 Å². The molecule has 0 aromatic heterocycles. The molecule has 0 bridgehead atoms. The highest BCUT2D eigenvalue weighted by Crippen LogP contribution is 2.48. The average molecular weight is 447 g/mol. The second-order valence-corrected chi connectivity index (χ2v) is 10.3. The lowest BCUT2D eigenvalue weighted by Gasteiger charge is -2.33. The molecule has 1 saturated heterocycles. The molecular weight excluding hydrogens is 408 g/mol. The first-order valence-electron chi connectivity index (χ1n) is 13.0. The van der Waals surface area contributed by atoms with Gasteiger partial charge in [-0.25, -0.2) is 0 Å². The zero-order valence-electron chi connectivity index (χ0n) is 20.1. The highest BCUT2D eigenvalue weighted by atomic mass is 16.5. The van der Waals surface area contributed by atoms with Gasteiger partial charge in [0.15, 0.2) is 0 Å². The summed E-state index contributed by atoms with van der Waals surface area (Å²) in [5, 5.41) is 3.47. The number of piperidine rings is 1. The van der Waals surface area contributed by atoms with E-state index < -0.39 is 0 Å². The van der Waals surface area contributed by atoms with Crippen molar-refractivity contribution >= 4 is 11.6 Å². The molecule has 5 rings (SSSR count). The van der Waals surface area contributed by atoms with Gasteiger partial charge in [0.2, 0.25) is 5.91 Å². The number of hydrogen-bond acceptors (Lipinski definition) is 3. The standard InChI is InChI=1S/C29H38N2O2/c1-33-25-12-9-23(10-13-25)21-31-27-14-11-24(19-22-7-5-3-2-4-6-8-22)20-26(27)29(28(31)32)15-17-30-18-16-29/h9-14,20,22,30H,2-8,15-19,21H2,1H3. The molecule has 1 N–H and O–H groups in total. The van der Waals surface area contributed by atoms with Crippen LogP contribution in [0, 0.1) is 5.92 Å². The molecule has 2 aromatic rings. The number of hydrogen-bond donors (Lipinski definition) is 1. The van der Waals surface area contributed by atoms with E-state index in [9.17, 15) is 4.79 Å². The average Bonchev–Trinajstić information content (AvgIpc) is 3.04. The van der Waals surface area contributed by atoms with Crippen LogP contribution >= 0.6 is 0 Å². The van der Waals surface area contributed by atoms with E-state index >= 15 is 0 Å². The molecule has 2 aliphatic heterocycles. The van der Waals surface area contributed by atoms with Crippen LogP contribution in [-0.4, -0.2) is 26.1 Å². The van der Waals surface area contributed by atoms with Crippen LogP contribution in [0.3, 0.4) is 0 Å². The lowest BCUT2D eigenvalue weighted by atomic mass is 9.73. The molecule has 1 spiro atoms. The first-order valence-corrected chi connectivity index (χ1v) is 13.0. The Balaban J connectivity index is 1.43. The fourth-order valence-corrected chi connectivity index (χ4v) is 6.30. The van der Waals surface area contributed by atoms with Crippen molar-refractivity contribution < 1.29 is 9.53 Å². The molecule has 0 unspecified atom stereocenters. The van der Waals surface area contributed by atoms with Crippen LogP contribution in [-0.2, 0) is 23.2 Å². The van der Waals surface area contributed by atoms with Crippen LogP contribution in [0.15, 0.2) is 42.5 Å². The van der Waals surface area contributed by atoms with Gasteiger partial charge in [-0.15, -0.1) is 0 Å². The highest BCUT2D eigenvalue weighted by molar-refractivity contribution is 6.08. The number of nitrogens with zero attached hydrogens (tertiary/aromatic N) is 1. The first-order chi connectivity index (χ1) is 16.2. The van der Waals surface area contributed by atoms with Crippen molar-refractivity contribution in [3.63, 3.8) is 0 Å². The van der Waals surface area contributed by atoms with Gasteiger partial charge in [0.1, 0.15) is 5.75 Å². The third kappa shape index (κ3) is 4.55. The van der Waals surface area contributed by atoms with Crippen molar-refractivity contribution in [2.45, 2.75) is 76.2 Å². The summed E-state index contributed by atoms with van der Waals surface area (Å²) in [5.41, 5.74) is 4.62. The minimum absolute atomic E-state index is 0.290. The Morgan fingerprint density at radius 1 is 0.939 bits per heavy atom. The number of methoxy groups -OCH3 is 1. The largest absolute Gasteiger partial charge is 0.497 e. The Labute approximate surface area is 198 Å². The van der Waals surface area contributed by atoms with Crippen LogP contribution in [0.4, 0.5) is 5.69 Å². The van der Waals surface area contributed by atoms with Gasteiger partial charge in [-0.3, -0.25) is 4.79 Å². The lowest BCUT2D eigenvalue weighted by molar-refractivity contribution is -0.124. The Kier molecular flexibility index (Phi) is 6.73. The van der Waals surface area contributed by atoms with Gasteiger partial charge in [0.05, 0.1) is 19.1 Å². The summed E-state index contributed by atoms with van der Waals surface area (Å²) < 4.78 is 5.31. The van der Waals surface area contributed by atoms with Crippen LogP contribution in [0.2, 0.25) is 0 Å². The number of nitrogens with one attached hydrogen (secondary N) is 1. The Morgan fingerprint density at radius 3 is 2.30 bits per heavy atom. The zero-order valence-corrected chi connectivity index (χ0v) is 20.1. The third-order valence-electron chi connectivity index (χ3n) is 8.23. The van der Waals surface area contributed by atoms with E-state index in [1.807, 2.05) is 17.0 Å². The van der Waals surface area contributed by atoms with Gasteiger partial charge < -0.3 is 15.0 Å². The molecule has 2 aromatic carbocycles. The van der Waals surface area contributed by atoms with Crippen LogP contribution in [0.1, 0.15) is 74.5 Å². The number of anilines is 1. The minimum atomic E-state index is -0.357. The molecule has 176 valence electrons. The number of fused-ring (bicyclic) bond motifs is 2. The zero-order chi connectivity index (χ0) is 22.7. The van der Waals surface area contributed by atoms with E-state index in [1.54, 1.807) is 7.11 Å². The van der Waals surface area contributed by atoms with E-state index in [-0.39, 0.29) is 11.3 Å². The molecule has 1 aliphatic carbocycles. The first kappa shape index (κ1) is 22.5. The molecule has 0 atom stereocenters. The molecule has 3 aliphatic rings. The smallest absolute Gasteiger partial charge is 0.238 e. The van der Waals surface area contributed by atoms with Gasteiger partial charge in [-0.05, 0) is 73.2 Å². The van der Waals surface area contributed by atoms with E-state index in [2.05, 4.69) is 35.6 Å². The molecule has 4 nitrogen and oxygen atoms in total. The molecule has 1 amide bonds. The Bertz CT molecular complexity index is 954. The fourth-order valence-electron chi connectivity index (χ4n) is 6.30. The number of benzene rings is 2. The maximum Gasteiger partial charge on any atom is 0.238 e. The number of amides is 1. The molecule has 4 heteroatoms. The summed E-state index contributed by atoms with van der Waals surface area (Å²) in [7, 11) is 1.68. The summed E-state index contributed by atoms with van der Waals surface area (Å²) in [6, 6.07) is 15.1. The summed E-state index contributed by atoms with van der Waals surface area (Å²) in [4.78, 5) is 16.0. The molecule has 2 fully saturated rings. The number of rotatable bonds is 5. The highest BCUT2D eigenvalue weighted by Gasteiger charge is 2.51. The molecule has 0 radical (unpaired) electrons. The molecule has 2 heterocycles. The maximum atomic E-state index is 13.9. The molecule has 1 saturated carbocycles. The monoisotopic (exact) mass is 446 g/mol. The lowest BCUT2D eigenvalue weighted by Crippen LogP contribution is -2.47. The molecular formula is C29H38N2O2. The third-order valence-corrected chi connectivity index (χ3v) is 8.23. The van der Waals surface area contributed by atoms with Crippen molar-refractivity contribution in [1.82, 2.24) is 5.32 Å². The second-order valence-electron chi connectivity index (χ2n) is 10.3. The van der Waals surface area contributed by atoms with Crippen LogP contribution in [0.5, 0.6) is 5.75 Å². The normalized spacial score (nSPS) is 21.0. The topological polar surface area (TPSA) is 41.6 Å². The van der Waals surface area contributed by atoms with Gasteiger partial charge in [-0.1, -0.05) is 69.2 Å². The summed E-state index contributed by atoms with van der Waals surface area (Å²) in [5.74, 6) is 1.93. The second kappa shape index (κ2) is 9.89. The van der Waals surface area contributed by atoms with Gasteiger partial charge >= 0.3 is 0 Å². The summed E-state index contributed by atoms with van der Waals surface area (Å²) >= 11 is 0. The predicted octanol–water partition coefficient (Wildman–Crippen LogP) is 5.77. The van der Waals surface area contributed by atoms with E-state index in [1.165, 1.54) is 56.1 Å². The van der Waals surface area contributed by atoms with Crippen molar-refractivity contribution in [1.29, 1.82) is 0 Å². The fraction of sp³-hybridized carbons (Fsp3) is 0.552. The van der Waals surface area contributed by atoms with E-state index in [0.717, 1.165) is 55.3 Å². The van der Waals surface area contributed by atoms with Crippen LogP contribution in [0.25, 0.3) is 0 Å². The van der Waals surface area contributed by atoms with Gasteiger partial charge in [0.25, 0.3) is 0 Å². The summed E-state index contributed by atoms with van der Waals surface area (Å²) in [6.45, 7) is 2.44. The number of ether oxygens (including phenoxy) is 1. The van der Waals surface area contributed by atoms with E-state index in [4.69, 9.17) is 4.74 Å². The van der Waals surface area contributed by atoms with Crippen LogP contribution < -0.4 is 15.0 Å². The SMILES string of the molecule is COc1ccc(CN2C(=O)C3(CCNCC3)c3cc(CC4CCCCCCC4)ccc32)cc1. The Morgan fingerprint density at radius 2 is 1.61 bits per heavy atom. The van der Waals surface area contributed by atoms with Crippen molar-refractivity contribution in [2.75, 3.05) is 25.1 Å². The van der Waals surface area contributed by atoms with Crippen molar-refractivity contribution in [2.24, 2.45) is 5.92 Å². The van der Waals surface area contributed by atoms with E-state index in [0.29, 0.717) is 6.54 Å². The predicted molar refractivity (Wildman–Crippen MR) is 134 cm³/mol. The number of carbonyl (C=O) groups excluding carboxylic acids is 1. The maximum absolute atomic E-state index is 13.9. The summed E-state index contributed by atoms with van der Waals surface area (Å²) in [6.07, 6.45) is 12.6. The quantitative estimate of drug-likeness (QED) is 0.634. The molecule has 33 heavy (non-hydrogen) atoms.